The zero-order chi connectivity index (χ0) is 13.7. The van der Waals surface area contributed by atoms with Crippen LogP contribution in [0.15, 0.2) is 29.6 Å². The predicted octanol–water partition coefficient (Wildman–Crippen LogP) is 3.10. The summed E-state index contributed by atoms with van der Waals surface area (Å²) >= 11 is 1.66. The van der Waals surface area contributed by atoms with Crippen LogP contribution in [0.2, 0.25) is 0 Å². The van der Waals surface area contributed by atoms with E-state index in [4.69, 9.17) is 4.74 Å². The molecule has 0 radical (unpaired) electrons. The van der Waals surface area contributed by atoms with Gasteiger partial charge in [-0.1, -0.05) is 6.07 Å². The summed E-state index contributed by atoms with van der Waals surface area (Å²) in [6.45, 7) is 4.11. The van der Waals surface area contributed by atoms with Gasteiger partial charge in [0.05, 0.1) is 10.7 Å². The number of ether oxygens (including phenoxy) is 1. The van der Waals surface area contributed by atoms with Crippen molar-refractivity contribution in [3.63, 3.8) is 0 Å². The molecule has 2 rings (SSSR count). The molecule has 0 amide bonds. The Balaban J connectivity index is 1.73. The molecule has 0 saturated heterocycles. The first-order valence-corrected chi connectivity index (χ1v) is 6.99. The summed E-state index contributed by atoms with van der Waals surface area (Å²) in [7, 11) is 2.02. The molecular weight excluding hydrogens is 263 g/mol. The lowest BCUT2D eigenvalue weighted by molar-refractivity contribution is 0.231. The standard InChI is InChI=1S/C14H17FN2OS/c1-11-16-13(10-19-11)9-17(2)6-7-18-14-5-3-4-12(15)8-14/h3-5,8,10H,6-7,9H2,1-2H3. The van der Waals surface area contributed by atoms with Crippen LogP contribution in [0.25, 0.3) is 0 Å². The average Bonchev–Trinajstić information content (AvgIpc) is 2.75. The van der Waals surface area contributed by atoms with E-state index in [0.717, 1.165) is 23.8 Å². The van der Waals surface area contributed by atoms with Crippen molar-refractivity contribution in [2.24, 2.45) is 0 Å². The molecule has 1 aromatic carbocycles. The first-order valence-electron chi connectivity index (χ1n) is 6.11. The van der Waals surface area contributed by atoms with Crippen molar-refractivity contribution in [2.75, 3.05) is 20.2 Å². The van der Waals surface area contributed by atoms with E-state index in [0.29, 0.717) is 12.4 Å². The van der Waals surface area contributed by atoms with Crippen LogP contribution in [-0.4, -0.2) is 30.1 Å². The van der Waals surface area contributed by atoms with Crippen molar-refractivity contribution in [2.45, 2.75) is 13.5 Å². The highest BCUT2D eigenvalue weighted by atomic mass is 32.1. The van der Waals surface area contributed by atoms with Crippen LogP contribution in [0.5, 0.6) is 5.75 Å². The van der Waals surface area contributed by atoms with Gasteiger partial charge in [-0.2, -0.15) is 0 Å². The monoisotopic (exact) mass is 280 g/mol. The molecule has 0 N–H and O–H groups in total. The third-order valence-electron chi connectivity index (χ3n) is 2.64. The van der Waals surface area contributed by atoms with E-state index in [9.17, 15) is 4.39 Å². The summed E-state index contributed by atoms with van der Waals surface area (Å²) in [5.41, 5.74) is 1.08. The number of rotatable bonds is 6. The highest BCUT2D eigenvalue weighted by molar-refractivity contribution is 7.09. The Kier molecular flexibility index (Phi) is 4.87. The molecule has 0 fully saturated rings. The second-order valence-corrected chi connectivity index (χ2v) is 5.46. The molecule has 0 aliphatic carbocycles. The van der Waals surface area contributed by atoms with E-state index >= 15 is 0 Å². The molecule has 0 unspecified atom stereocenters. The topological polar surface area (TPSA) is 25.4 Å². The Morgan fingerprint density at radius 1 is 1.42 bits per heavy atom. The van der Waals surface area contributed by atoms with E-state index in [2.05, 4.69) is 15.3 Å². The van der Waals surface area contributed by atoms with Gasteiger partial charge in [0, 0.05) is 24.5 Å². The van der Waals surface area contributed by atoms with Gasteiger partial charge in [0.2, 0.25) is 0 Å². The largest absolute Gasteiger partial charge is 0.492 e. The lowest BCUT2D eigenvalue weighted by Crippen LogP contribution is -2.24. The Labute approximate surface area is 116 Å². The molecular formula is C14H17FN2OS. The van der Waals surface area contributed by atoms with E-state index in [1.807, 2.05) is 14.0 Å². The summed E-state index contributed by atoms with van der Waals surface area (Å²) in [5.74, 6) is 0.293. The number of thiazole rings is 1. The number of nitrogens with zero attached hydrogens (tertiary/aromatic N) is 2. The van der Waals surface area contributed by atoms with E-state index < -0.39 is 0 Å². The fourth-order valence-electron chi connectivity index (χ4n) is 1.71. The molecule has 1 heterocycles. The number of halogens is 1. The van der Waals surface area contributed by atoms with Crippen LogP contribution in [0.1, 0.15) is 10.7 Å². The van der Waals surface area contributed by atoms with Gasteiger partial charge in [0.1, 0.15) is 18.2 Å². The predicted molar refractivity (Wildman–Crippen MR) is 75.1 cm³/mol. The molecule has 0 aliphatic heterocycles. The van der Waals surface area contributed by atoms with Gasteiger partial charge < -0.3 is 4.74 Å². The smallest absolute Gasteiger partial charge is 0.126 e. The number of benzene rings is 1. The second kappa shape index (κ2) is 6.63. The van der Waals surface area contributed by atoms with Crippen molar-refractivity contribution in [3.8, 4) is 5.75 Å². The minimum atomic E-state index is -0.274. The van der Waals surface area contributed by atoms with Crippen LogP contribution in [0.3, 0.4) is 0 Å². The number of aryl methyl sites for hydroxylation is 1. The molecule has 0 spiro atoms. The SMILES string of the molecule is Cc1nc(CN(C)CCOc2cccc(F)c2)cs1. The molecule has 3 nitrogen and oxygen atoms in total. The quantitative estimate of drug-likeness (QED) is 0.813. The molecule has 102 valence electrons. The van der Waals surface area contributed by atoms with Crippen molar-refractivity contribution < 1.29 is 9.13 Å². The summed E-state index contributed by atoms with van der Waals surface area (Å²) in [6.07, 6.45) is 0. The Bertz CT molecular complexity index is 530. The number of hydrogen-bond acceptors (Lipinski definition) is 4. The summed E-state index contributed by atoms with van der Waals surface area (Å²) in [6, 6.07) is 6.20. The Morgan fingerprint density at radius 3 is 2.95 bits per heavy atom. The maximum Gasteiger partial charge on any atom is 0.126 e. The van der Waals surface area contributed by atoms with Gasteiger partial charge in [-0.25, -0.2) is 9.37 Å². The van der Waals surface area contributed by atoms with Crippen molar-refractivity contribution in [1.82, 2.24) is 9.88 Å². The van der Waals surface area contributed by atoms with Gasteiger partial charge in [-0.05, 0) is 26.1 Å². The number of hydrogen-bond donors (Lipinski definition) is 0. The first-order chi connectivity index (χ1) is 9.13. The van der Waals surface area contributed by atoms with E-state index in [-0.39, 0.29) is 5.82 Å². The molecule has 0 aliphatic rings. The van der Waals surface area contributed by atoms with E-state index in [1.165, 1.54) is 12.1 Å². The molecule has 2 aromatic rings. The minimum Gasteiger partial charge on any atom is -0.492 e. The van der Waals surface area contributed by atoms with Crippen LogP contribution in [0, 0.1) is 12.7 Å². The molecule has 0 bridgehead atoms. The third-order valence-corrected chi connectivity index (χ3v) is 3.46. The summed E-state index contributed by atoms with van der Waals surface area (Å²) < 4.78 is 18.4. The van der Waals surface area contributed by atoms with E-state index in [1.54, 1.807) is 23.5 Å². The first kappa shape index (κ1) is 14.0. The van der Waals surface area contributed by atoms with Crippen molar-refractivity contribution in [1.29, 1.82) is 0 Å². The maximum atomic E-state index is 12.9. The third kappa shape index (κ3) is 4.61. The Hall–Kier alpha value is -1.46. The fourth-order valence-corrected chi connectivity index (χ4v) is 2.32. The highest BCUT2D eigenvalue weighted by Crippen LogP contribution is 2.12. The van der Waals surface area contributed by atoms with Crippen molar-refractivity contribution in [3.05, 3.63) is 46.2 Å². The second-order valence-electron chi connectivity index (χ2n) is 4.40. The van der Waals surface area contributed by atoms with Gasteiger partial charge in [0.15, 0.2) is 0 Å². The van der Waals surface area contributed by atoms with Gasteiger partial charge in [-0.15, -0.1) is 11.3 Å². The van der Waals surface area contributed by atoms with Crippen LogP contribution in [-0.2, 0) is 6.54 Å². The summed E-state index contributed by atoms with van der Waals surface area (Å²) in [5, 5.41) is 3.15. The lowest BCUT2D eigenvalue weighted by atomic mass is 10.3. The lowest BCUT2D eigenvalue weighted by Gasteiger charge is -2.15. The zero-order valence-corrected chi connectivity index (χ0v) is 11.9. The van der Waals surface area contributed by atoms with Crippen LogP contribution in [0.4, 0.5) is 4.39 Å². The fraction of sp³-hybridized carbons (Fsp3) is 0.357. The Morgan fingerprint density at radius 2 is 2.26 bits per heavy atom. The number of likely N-dealkylation sites (N-methyl/N-ethyl adjacent to an activating group) is 1. The van der Waals surface area contributed by atoms with Gasteiger partial charge in [0.25, 0.3) is 0 Å². The minimum absolute atomic E-state index is 0.274. The molecule has 0 atom stereocenters. The molecule has 0 saturated carbocycles. The molecule has 19 heavy (non-hydrogen) atoms. The number of aromatic nitrogens is 1. The normalized spacial score (nSPS) is 10.9. The van der Waals surface area contributed by atoms with Crippen LogP contribution >= 0.6 is 11.3 Å². The highest BCUT2D eigenvalue weighted by Gasteiger charge is 2.04. The maximum absolute atomic E-state index is 12.9. The zero-order valence-electron chi connectivity index (χ0n) is 11.1. The van der Waals surface area contributed by atoms with Crippen LogP contribution < -0.4 is 4.74 Å². The van der Waals surface area contributed by atoms with Gasteiger partial charge in [-0.3, -0.25) is 4.90 Å². The molecule has 5 heteroatoms. The van der Waals surface area contributed by atoms with Crippen molar-refractivity contribution >= 4 is 11.3 Å². The summed E-state index contributed by atoms with van der Waals surface area (Å²) in [4.78, 5) is 6.55. The molecule has 1 aromatic heterocycles. The average molecular weight is 280 g/mol. The van der Waals surface area contributed by atoms with Gasteiger partial charge >= 0.3 is 0 Å².